The molecule has 2 atom stereocenters. The van der Waals surface area contributed by atoms with Gasteiger partial charge in [-0.3, -0.25) is 0 Å². The van der Waals surface area contributed by atoms with E-state index in [4.69, 9.17) is 15.2 Å². The van der Waals surface area contributed by atoms with Crippen molar-refractivity contribution in [1.82, 2.24) is 0 Å². The number of benzene rings is 1. The average Bonchev–Trinajstić information content (AvgIpc) is 2.45. The van der Waals surface area contributed by atoms with Gasteiger partial charge in [0.05, 0.1) is 19.8 Å². The highest BCUT2D eigenvalue weighted by Gasteiger charge is 2.24. The average molecular weight is 328 g/mol. The molecule has 1 aliphatic rings. The molecule has 0 heterocycles. The smallest absolute Gasteiger partial charge is 0.124 e. The Morgan fingerprint density at radius 2 is 2.11 bits per heavy atom. The lowest BCUT2D eigenvalue weighted by atomic mass is 9.86. The Kier molecular flexibility index (Phi) is 5.67. The van der Waals surface area contributed by atoms with Crippen LogP contribution in [0.15, 0.2) is 22.7 Å². The summed E-state index contributed by atoms with van der Waals surface area (Å²) in [7, 11) is 1.69. The van der Waals surface area contributed by atoms with Crippen LogP contribution in [0.1, 0.15) is 31.2 Å². The van der Waals surface area contributed by atoms with Gasteiger partial charge in [-0.1, -0.05) is 28.8 Å². The number of ether oxygens (including phenoxy) is 2. The standard InChI is InChI=1S/C15H22BrNO2/c1-18-14-7-6-13(16)8-12(14)10-19-15-5-3-2-4-11(15)9-17/h6-8,11,15H,2-5,9-10,17H2,1H3. The van der Waals surface area contributed by atoms with Gasteiger partial charge in [0.15, 0.2) is 0 Å². The number of hydrogen-bond acceptors (Lipinski definition) is 3. The minimum Gasteiger partial charge on any atom is -0.496 e. The number of hydrogen-bond donors (Lipinski definition) is 1. The molecule has 0 radical (unpaired) electrons. The Balaban J connectivity index is 1.99. The number of halogens is 1. The van der Waals surface area contributed by atoms with E-state index in [1.807, 2.05) is 12.1 Å². The van der Waals surface area contributed by atoms with Crippen molar-refractivity contribution < 1.29 is 9.47 Å². The van der Waals surface area contributed by atoms with Crippen LogP contribution in [0.4, 0.5) is 0 Å². The van der Waals surface area contributed by atoms with E-state index in [1.54, 1.807) is 7.11 Å². The van der Waals surface area contributed by atoms with Crippen molar-refractivity contribution in [3.63, 3.8) is 0 Å². The van der Waals surface area contributed by atoms with E-state index in [9.17, 15) is 0 Å². The monoisotopic (exact) mass is 327 g/mol. The molecule has 106 valence electrons. The molecule has 2 rings (SSSR count). The quantitative estimate of drug-likeness (QED) is 0.900. The highest BCUT2D eigenvalue weighted by molar-refractivity contribution is 9.10. The first-order valence-electron chi connectivity index (χ1n) is 6.88. The zero-order chi connectivity index (χ0) is 13.7. The lowest BCUT2D eigenvalue weighted by molar-refractivity contribution is -0.0189. The fourth-order valence-electron chi connectivity index (χ4n) is 2.72. The van der Waals surface area contributed by atoms with Crippen molar-refractivity contribution in [3.05, 3.63) is 28.2 Å². The summed E-state index contributed by atoms with van der Waals surface area (Å²) >= 11 is 3.49. The molecule has 0 aromatic heterocycles. The zero-order valence-electron chi connectivity index (χ0n) is 11.4. The van der Waals surface area contributed by atoms with Gasteiger partial charge in [-0.25, -0.2) is 0 Å². The predicted molar refractivity (Wildman–Crippen MR) is 80.3 cm³/mol. The third kappa shape index (κ3) is 3.94. The van der Waals surface area contributed by atoms with Crippen molar-refractivity contribution in [3.8, 4) is 5.75 Å². The molecule has 2 unspecified atom stereocenters. The van der Waals surface area contributed by atoms with E-state index in [1.165, 1.54) is 19.3 Å². The topological polar surface area (TPSA) is 44.5 Å². The first-order valence-corrected chi connectivity index (χ1v) is 7.68. The summed E-state index contributed by atoms with van der Waals surface area (Å²) in [6.45, 7) is 1.31. The van der Waals surface area contributed by atoms with E-state index in [-0.39, 0.29) is 0 Å². The first-order chi connectivity index (χ1) is 9.24. The second-order valence-corrected chi connectivity index (χ2v) is 6.00. The fraction of sp³-hybridized carbons (Fsp3) is 0.600. The minimum absolute atomic E-state index is 0.294. The number of methoxy groups -OCH3 is 1. The molecule has 0 aliphatic heterocycles. The Labute approximate surface area is 123 Å². The van der Waals surface area contributed by atoms with Crippen LogP contribution in [0.5, 0.6) is 5.75 Å². The molecule has 1 fully saturated rings. The molecule has 19 heavy (non-hydrogen) atoms. The molecule has 1 aliphatic carbocycles. The highest BCUT2D eigenvalue weighted by atomic mass is 79.9. The van der Waals surface area contributed by atoms with Crippen molar-refractivity contribution in [2.24, 2.45) is 11.7 Å². The van der Waals surface area contributed by atoms with E-state index >= 15 is 0 Å². The maximum absolute atomic E-state index is 6.09. The molecule has 0 amide bonds. The molecule has 1 saturated carbocycles. The van der Waals surface area contributed by atoms with Crippen molar-refractivity contribution >= 4 is 15.9 Å². The van der Waals surface area contributed by atoms with Gasteiger partial charge in [-0.05, 0) is 43.5 Å². The second kappa shape index (κ2) is 7.27. The maximum atomic E-state index is 6.09. The molecule has 4 heteroatoms. The summed E-state index contributed by atoms with van der Waals surface area (Å²) in [6, 6.07) is 5.99. The molecule has 0 bridgehead atoms. The summed E-state index contributed by atoms with van der Waals surface area (Å²) in [5, 5.41) is 0. The van der Waals surface area contributed by atoms with Crippen LogP contribution in [0.2, 0.25) is 0 Å². The maximum Gasteiger partial charge on any atom is 0.124 e. The largest absolute Gasteiger partial charge is 0.496 e. The molecule has 0 saturated heterocycles. The van der Waals surface area contributed by atoms with Crippen LogP contribution in [0.3, 0.4) is 0 Å². The minimum atomic E-state index is 0.294. The molecular formula is C15H22BrNO2. The van der Waals surface area contributed by atoms with Crippen molar-refractivity contribution in [2.75, 3.05) is 13.7 Å². The van der Waals surface area contributed by atoms with Crippen LogP contribution < -0.4 is 10.5 Å². The summed E-state index contributed by atoms with van der Waals surface area (Å²) in [6.07, 6.45) is 5.13. The zero-order valence-corrected chi connectivity index (χ0v) is 13.0. The van der Waals surface area contributed by atoms with Gasteiger partial charge in [0.25, 0.3) is 0 Å². The van der Waals surface area contributed by atoms with Gasteiger partial charge in [-0.15, -0.1) is 0 Å². The number of nitrogens with two attached hydrogens (primary N) is 1. The van der Waals surface area contributed by atoms with Gasteiger partial charge in [0.2, 0.25) is 0 Å². The summed E-state index contributed by atoms with van der Waals surface area (Å²) < 4.78 is 12.5. The summed E-state index contributed by atoms with van der Waals surface area (Å²) in [4.78, 5) is 0. The lowest BCUT2D eigenvalue weighted by Gasteiger charge is -2.30. The van der Waals surface area contributed by atoms with Crippen LogP contribution in [0.25, 0.3) is 0 Å². The van der Waals surface area contributed by atoms with E-state index < -0.39 is 0 Å². The van der Waals surface area contributed by atoms with E-state index in [2.05, 4.69) is 22.0 Å². The van der Waals surface area contributed by atoms with Crippen molar-refractivity contribution in [2.45, 2.75) is 38.4 Å². The SMILES string of the molecule is COc1ccc(Br)cc1COC1CCCCC1CN. The van der Waals surface area contributed by atoms with Gasteiger partial charge in [0.1, 0.15) is 5.75 Å². The van der Waals surface area contributed by atoms with Crippen molar-refractivity contribution in [1.29, 1.82) is 0 Å². The lowest BCUT2D eigenvalue weighted by Crippen LogP contribution is -2.33. The van der Waals surface area contributed by atoms with Gasteiger partial charge >= 0.3 is 0 Å². The van der Waals surface area contributed by atoms with E-state index in [0.29, 0.717) is 18.6 Å². The Morgan fingerprint density at radius 1 is 1.32 bits per heavy atom. The van der Waals surface area contributed by atoms with E-state index in [0.717, 1.165) is 28.8 Å². The summed E-state index contributed by atoms with van der Waals surface area (Å²) in [5.41, 5.74) is 6.91. The first kappa shape index (κ1) is 14.8. The molecular weight excluding hydrogens is 306 g/mol. The second-order valence-electron chi connectivity index (χ2n) is 5.09. The van der Waals surface area contributed by atoms with Crippen LogP contribution in [-0.4, -0.2) is 19.8 Å². The van der Waals surface area contributed by atoms with Gasteiger partial charge in [0, 0.05) is 10.0 Å². The number of rotatable bonds is 5. The molecule has 3 nitrogen and oxygen atoms in total. The molecule has 0 spiro atoms. The van der Waals surface area contributed by atoms with Gasteiger partial charge in [-0.2, -0.15) is 0 Å². The van der Waals surface area contributed by atoms with Crippen LogP contribution in [-0.2, 0) is 11.3 Å². The third-order valence-electron chi connectivity index (χ3n) is 3.84. The molecule has 1 aromatic carbocycles. The third-order valence-corrected chi connectivity index (χ3v) is 4.33. The fourth-order valence-corrected chi connectivity index (χ4v) is 3.13. The highest BCUT2D eigenvalue weighted by Crippen LogP contribution is 2.29. The Bertz CT molecular complexity index is 411. The van der Waals surface area contributed by atoms with Crippen LogP contribution in [0, 0.1) is 5.92 Å². The summed E-state index contributed by atoms with van der Waals surface area (Å²) in [5.74, 6) is 1.38. The molecule has 1 aromatic rings. The predicted octanol–water partition coefficient (Wildman–Crippen LogP) is 3.49. The Hall–Kier alpha value is -0.580. The molecule has 2 N–H and O–H groups in total. The van der Waals surface area contributed by atoms with Crippen LogP contribution >= 0.6 is 15.9 Å². The Morgan fingerprint density at radius 3 is 2.84 bits per heavy atom. The van der Waals surface area contributed by atoms with Gasteiger partial charge < -0.3 is 15.2 Å². The normalized spacial score (nSPS) is 23.3.